The van der Waals surface area contributed by atoms with Gasteiger partial charge in [0, 0.05) is 48.1 Å². The molecule has 0 saturated carbocycles. The summed E-state index contributed by atoms with van der Waals surface area (Å²) in [5, 5.41) is 6.15. The van der Waals surface area contributed by atoms with Crippen molar-refractivity contribution in [3.63, 3.8) is 0 Å². The number of imide groups is 1. The molecule has 1 aromatic heterocycles. The minimum atomic E-state index is -0.260. The fourth-order valence-corrected chi connectivity index (χ4v) is 3.97. The van der Waals surface area contributed by atoms with Crippen molar-refractivity contribution >= 4 is 39.8 Å². The summed E-state index contributed by atoms with van der Waals surface area (Å²) in [5.74, 6) is -0.722. The Hall–Kier alpha value is -3.10. The molecular formula is C21H20N4O3S. The van der Waals surface area contributed by atoms with Crippen molar-refractivity contribution in [2.75, 3.05) is 33.2 Å². The highest BCUT2D eigenvalue weighted by atomic mass is 32.1. The fraction of sp³-hybridized carbons (Fsp3) is 0.238. The summed E-state index contributed by atoms with van der Waals surface area (Å²) in [7, 11) is 1.89. The van der Waals surface area contributed by atoms with E-state index in [2.05, 4.69) is 10.3 Å². The van der Waals surface area contributed by atoms with Crippen LogP contribution in [0, 0.1) is 0 Å². The van der Waals surface area contributed by atoms with Gasteiger partial charge in [-0.2, -0.15) is 0 Å². The minimum absolute atomic E-state index is 0.203. The third-order valence-corrected chi connectivity index (χ3v) is 5.59. The Morgan fingerprint density at radius 2 is 1.79 bits per heavy atom. The zero-order valence-corrected chi connectivity index (χ0v) is 16.7. The smallest absolute Gasteiger partial charge is 0.270 e. The number of amides is 3. The average Bonchev–Trinajstić information content (AvgIpc) is 3.27. The summed E-state index contributed by atoms with van der Waals surface area (Å²) in [6.07, 6.45) is 0. The van der Waals surface area contributed by atoms with Crippen molar-refractivity contribution in [2.24, 2.45) is 0 Å². The van der Waals surface area contributed by atoms with Gasteiger partial charge in [0.1, 0.15) is 5.69 Å². The first-order chi connectivity index (χ1) is 14.1. The van der Waals surface area contributed by atoms with E-state index >= 15 is 0 Å². The summed E-state index contributed by atoms with van der Waals surface area (Å²) in [5.41, 5.74) is 3.16. The van der Waals surface area contributed by atoms with Gasteiger partial charge in [-0.05, 0) is 24.6 Å². The number of thiazole rings is 1. The van der Waals surface area contributed by atoms with E-state index in [1.54, 1.807) is 23.0 Å². The van der Waals surface area contributed by atoms with Gasteiger partial charge in [0.05, 0.1) is 5.51 Å². The molecule has 4 rings (SSSR count). The number of carbonyl (C=O) groups is 3. The van der Waals surface area contributed by atoms with E-state index < -0.39 is 0 Å². The Balaban J connectivity index is 1.36. The molecule has 7 nitrogen and oxygen atoms in total. The normalized spacial score (nSPS) is 13.4. The van der Waals surface area contributed by atoms with Crippen molar-refractivity contribution in [1.82, 2.24) is 20.1 Å². The number of hydrogen-bond donors (Lipinski definition) is 1. The number of benzene rings is 2. The molecule has 2 heterocycles. The van der Waals surface area contributed by atoms with Crippen LogP contribution in [-0.2, 0) is 0 Å². The molecule has 0 radical (unpaired) electrons. The van der Waals surface area contributed by atoms with E-state index in [1.807, 2.05) is 36.2 Å². The van der Waals surface area contributed by atoms with Crippen molar-refractivity contribution in [1.29, 1.82) is 0 Å². The third kappa shape index (κ3) is 3.76. The van der Waals surface area contributed by atoms with Crippen molar-refractivity contribution in [3.8, 4) is 0 Å². The van der Waals surface area contributed by atoms with Gasteiger partial charge in [-0.1, -0.05) is 24.3 Å². The second-order valence-corrected chi connectivity index (χ2v) is 7.62. The third-order valence-electron chi connectivity index (χ3n) is 5.01. The van der Waals surface area contributed by atoms with E-state index in [4.69, 9.17) is 0 Å². The fourth-order valence-electron chi connectivity index (χ4n) is 3.44. The van der Waals surface area contributed by atoms with Gasteiger partial charge in [0.2, 0.25) is 0 Å². The number of hydrogen-bond acceptors (Lipinski definition) is 6. The SMILES string of the molecule is CN(CCNC(=O)c1cscn1)CCN1C(=O)c2cccc3cccc(c23)C1=O. The summed E-state index contributed by atoms with van der Waals surface area (Å²) in [6, 6.07) is 11.0. The zero-order valence-electron chi connectivity index (χ0n) is 15.9. The maximum atomic E-state index is 12.9. The Morgan fingerprint density at radius 1 is 1.10 bits per heavy atom. The van der Waals surface area contributed by atoms with E-state index in [9.17, 15) is 14.4 Å². The van der Waals surface area contributed by atoms with Crippen LogP contribution in [0.1, 0.15) is 31.2 Å². The van der Waals surface area contributed by atoms with Crippen LogP contribution in [0.25, 0.3) is 10.8 Å². The Kier molecular flexibility index (Phi) is 5.37. The summed E-state index contributed by atoms with van der Waals surface area (Å²) in [6.45, 7) is 1.86. The molecule has 0 bridgehead atoms. The van der Waals surface area contributed by atoms with Crippen molar-refractivity contribution in [2.45, 2.75) is 0 Å². The molecule has 29 heavy (non-hydrogen) atoms. The quantitative estimate of drug-likeness (QED) is 0.607. The molecule has 0 unspecified atom stereocenters. The van der Waals surface area contributed by atoms with Gasteiger partial charge in [0.15, 0.2) is 0 Å². The molecule has 2 aromatic carbocycles. The van der Waals surface area contributed by atoms with E-state index in [0.29, 0.717) is 43.0 Å². The first-order valence-corrected chi connectivity index (χ1v) is 10.2. The predicted molar refractivity (Wildman–Crippen MR) is 111 cm³/mol. The molecule has 3 aromatic rings. The topological polar surface area (TPSA) is 82.6 Å². The second kappa shape index (κ2) is 8.10. The van der Waals surface area contributed by atoms with E-state index in [0.717, 1.165) is 10.8 Å². The maximum absolute atomic E-state index is 12.9. The number of nitrogens with one attached hydrogen (secondary N) is 1. The maximum Gasteiger partial charge on any atom is 0.270 e. The molecule has 0 fully saturated rings. The second-order valence-electron chi connectivity index (χ2n) is 6.90. The Labute approximate surface area is 171 Å². The minimum Gasteiger partial charge on any atom is -0.349 e. The predicted octanol–water partition coefficient (Wildman–Crippen LogP) is 2.25. The van der Waals surface area contributed by atoms with Gasteiger partial charge in [-0.15, -0.1) is 11.3 Å². The largest absolute Gasteiger partial charge is 0.349 e. The molecule has 3 amide bonds. The van der Waals surface area contributed by atoms with Crippen LogP contribution in [-0.4, -0.2) is 65.7 Å². The monoisotopic (exact) mass is 408 g/mol. The molecule has 0 saturated heterocycles. The lowest BCUT2D eigenvalue weighted by molar-refractivity contribution is 0.0598. The molecule has 1 N–H and O–H groups in total. The van der Waals surface area contributed by atoms with Gasteiger partial charge in [-0.3, -0.25) is 19.3 Å². The number of aromatic nitrogens is 1. The highest BCUT2D eigenvalue weighted by Crippen LogP contribution is 2.29. The molecule has 1 aliphatic rings. The lowest BCUT2D eigenvalue weighted by atomic mass is 9.94. The molecule has 148 valence electrons. The summed E-state index contributed by atoms with van der Waals surface area (Å²) >= 11 is 1.37. The molecule has 0 aliphatic carbocycles. The number of rotatable bonds is 7. The number of likely N-dealkylation sites (N-methyl/N-ethyl adjacent to an activating group) is 1. The average molecular weight is 408 g/mol. The molecule has 0 atom stereocenters. The lowest BCUT2D eigenvalue weighted by Gasteiger charge is -2.28. The highest BCUT2D eigenvalue weighted by Gasteiger charge is 2.32. The number of carbonyl (C=O) groups excluding carboxylic acids is 3. The van der Waals surface area contributed by atoms with Crippen LogP contribution in [0.5, 0.6) is 0 Å². The summed E-state index contributed by atoms with van der Waals surface area (Å²) in [4.78, 5) is 44.9. The standard InChI is InChI=1S/C21H20N4O3S/c1-24(9-8-22-19(26)17-12-29-13-23-17)10-11-25-20(27)15-6-2-4-14-5-3-7-16(18(14)15)21(25)28/h2-7,12-13H,8-11H2,1H3,(H,22,26). The first kappa shape index (κ1) is 19.2. The van der Waals surface area contributed by atoms with Crippen LogP contribution in [0.15, 0.2) is 47.3 Å². The first-order valence-electron chi connectivity index (χ1n) is 9.29. The van der Waals surface area contributed by atoms with Gasteiger partial charge in [0.25, 0.3) is 17.7 Å². The molecular weight excluding hydrogens is 388 g/mol. The van der Waals surface area contributed by atoms with E-state index in [1.165, 1.54) is 16.2 Å². The molecule has 1 aliphatic heterocycles. The van der Waals surface area contributed by atoms with Crippen molar-refractivity contribution in [3.05, 3.63) is 64.1 Å². The van der Waals surface area contributed by atoms with Crippen LogP contribution in [0.3, 0.4) is 0 Å². The van der Waals surface area contributed by atoms with Crippen LogP contribution >= 0.6 is 11.3 Å². The molecule has 0 spiro atoms. The zero-order chi connectivity index (χ0) is 20.4. The van der Waals surface area contributed by atoms with Gasteiger partial charge < -0.3 is 10.2 Å². The number of nitrogens with zero attached hydrogens (tertiary/aromatic N) is 3. The Morgan fingerprint density at radius 3 is 2.41 bits per heavy atom. The van der Waals surface area contributed by atoms with Crippen LogP contribution < -0.4 is 5.32 Å². The summed E-state index contributed by atoms with van der Waals surface area (Å²) < 4.78 is 0. The highest BCUT2D eigenvalue weighted by molar-refractivity contribution is 7.07. The molecule has 8 heteroatoms. The van der Waals surface area contributed by atoms with Crippen molar-refractivity contribution < 1.29 is 14.4 Å². The van der Waals surface area contributed by atoms with Crippen LogP contribution in [0.4, 0.5) is 0 Å². The van der Waals surface area contributed by atoms with Gasteiger partial charge in [-0.25, -0.2) is 4.98 Å². The van der Waals surface area contributed by atoms with Crippen LogP contribution in [0.2, 0.25) is 0 Å². The van der Waals surface area contributed by atoms with Gasteiger partial charge >= 0.3 is 0 Å². The lowest BCUT2D eigenvalue weighted by Crippen LogP contribution is -2.45. The van der Waals surface area contributed by atoms with E-state index in [-0.39, 0.29) is 17.7 Å². The Bertz CT molecular complexity index is 1030.